The van der Waals surface area contributed by atoms with E-state index in [1.807, 2.05) is 0 Å². The van der Waals surface area contributed by atoms with E-state index in [0.29, 0.717) is 0 Å². The lowest BCUT2D eigenvalue weighted by atomic mass is 9.79. The van der Waals surface area contributed by atoms with Crippen molar-refractivity contribution in [3.8, 4) is 5.75 Å². The number of hydrogen-bond acceptors (Lipinski definition) is 2. The second kappa shape index (κ2) is 8.59. The maximum atomic E-state index is 5.71. The third kappa shape index (κ3) is 4.50. The quantitative estimate of drug-likeness (QED) is 0.733. The maximum Gasteiger partial charge on any atom is 1.00 e. The molecule has 3 heterocycles. The van der Waals surface area contributed by atoms with Crippen LogP contribution in [0.15, 0.2) is 30.3 Å². The van der Waals surface area contributed by atoms with Crippen LogP contribution in [0.4, 0.5) is 0 Å². The summed E-state index contributed by atoms with van der Waals surface area (Å²) in [5.74, 6) is 2.67. The highest BCUT2D eigenvalue weighted by Gasteiger charge is 2.32. The molecule has 0 N–H and O–H groups in total. The monoisotopic (exact) mass is 321 g/mol. The topological polar surface area (TPSA) is 12.5 Å². The second-order valence-electron chi connectivity index (χ2n) is 6.43. The highest BCUT2D eigenvalue weighted by molar-refractivity contribution is 5.51. The Labute approximate surface area is 142 Å². The Bertz CT molecular complexity index is 469. The van der Waals surface area contributed by atoms with Crippen LogP contribution in [0.1, 0.15) is 39.6 Å². The van der Waals surface area contributed by atoms with E-state index in [1.165, 1.54) is 44.5 Å². The Morgan fingerprint density at radius 1 is 1.23 bits per heavy atom. The third-order valence-corrected chi connectivity index (χ3v) is 4.89. The molecule has 2 bridgehead atoms. The Morgan fingerprint density at radius 2 is 1.95 bits per heavy atom. The molecule has 0 aliphatic carbocycles. The van der Waals surface area contributed by atoms with Crippen LogP contribution in [0.25, 0.3) is 6.08 Å². The van der Waals surface area contributed by atoms with Gasteiger partial charge in [0.05, 0.1) is 6.61 Å². The molecular weight excluding hydrogens is 294 g/mol. The lowest BCUT2D eigenvalue weighted by molar-refractivity contribution is -0.00000483. The normalized spacial score (nSPS) is 26.9. The molecule has 0 saturated carbocycles. The third-order valence-electron chi connectivity index (χ3n) is 4.89. The van der Waals surface area contributed by atoms with Crippen molar-refractivity contribution in [2.75, 3.05) is 26.2 Å². The van der Waals surface area contributed by atoms with Crippen molar-refractivity contribution in [2.24, 2.45) is 11.8 Å². The van der Waals surface area contributed by atoms with Gasteiger partial charge in [0.15, 0.2) is 0 Å². The number of hydrogen-bond donors (Lipinski definition) is 0. The minimum atomic E-state index is 0. The smallest absolute Gasteiger partial charge is 1.00 e. The fraction of sp³-hybridized carbons (Fsp3) is 0.579. The summed E-state index contributed by atoms with van der Waals surface area (Å²) in [5, 5.41) is 0. The van der Waals surface area contributed by atoms with Crippen molar-refractivity contribution in [1.82, 2.24) is 4.90 Å². The van der Waals surface area contributed by atoms with E-state index >= 15 is 0 Å². The van der Waals surface area contributed by atoms with Gasteiger partial charge in [0.1, 0.15) is 5.75 Å². The standard InChI is InChI=1S/C19H27NO.ClH/c1-2-3-14-21-19-8-5-16(6-9-19)4-7-18-15-20-12-10-17(18)11-13-20;/h4-9,17-18H,2-3,10-15H2,1H3;1H/b7-4-;. The number of rotatable bonds is 6. The molecule has 0 radical (unpaired) electrons. The molecule has 3 saturated heterocycles. The zero-order chi connectivity index (χ0) is 14.5. The zero-order valence-electron chi connectivity index (χ0n) is 14.5. The summed E-state index contributed by atoms with van der Waals surface area (Å²) in [6, 6.07) is 8.51. The molecule has 0 aromatic heterocycles. The molecule has 122 valence electrons. The number of piperidine rings is 3. The van der Waals surface area contributed by atoms with Gasteiger partial charge in [-0.05, 0) is 61.9 Å². The molecule has 0 amide bonds. The van der Waals surface area contributed by atoms with Crippen molar-refractivity contribution in [2.45, 2.75) is 32.6 Å². The molecule has 3 fully saturated rings. The van der Waals surface area contributed by atoms with E-state index in [2.05, 4.69) is 48.2 Å². The molecule has 1 aromatic rings. The van der Waals surface area contributed by atoms with Crippen LogP contribution in [-0.4, -0.2) is 31.1 Å². The molecule has 3 heteroatoms. The van der Waals surface area contributed by atoms with Gasteiger partial charge in [-0.2, -0.15) is 0 Å². The summed E-state index contributed by atoms with van der Waals surface area (Å²) < 4.78 is 5.71. The van der Waals surface area contributed by atoms with Crippen molar-refractivity contribution in [1.29, 1.82) is 0 Å². The van der Waals surface area contributed by atoms with Crippen LogP contribution >= 0.6 is 0 Å². The van der Waals surface area contributed by atoms with E-state index in [4.69, 9.17) is 4.74 Å². The lowest BCUT2D eigenvalue weighted by Crippen LogP contribution is -3.00. The minimum absolute atomic E-state index is 0. The predicted molar refractivity (Wildman–Crippen MR) is 89.6 cm³/mol. The van der Waals surface area contributed by atoms with Gasteiger partial charge in [-0.3, -0.25) is 0 Å². The molecular formula is C19H28ClNO. The second-order valence-corrected chi connectivity index (χ2v) is 6.43. The molecule has 1 aromatic carbocycles. The van der Waals surface area contributed by atoms with Crippen molar-refractivity contribution >= 4 is 6.08 Å². The Kier molecular flexibility index (Phi) is 6.78. The Balaban J connectivity index is 0.00000132. The molecule has 1 unspecified atom stereocenters. The predicted octanol–water partition coefficient (Wildman–Crippen LogP) is 1.34. The van der Waals surface area contributed by atoms with Crippen LogP contribution in [-0.2, 0) is 0 Å². The average Bonchev–Trinajstić information content (AvgIpc) is 2.55. The maximum absolute atomic E-state index is 5.71. The van der Waals surface area contributed by atoms with E-state index in [9.17, 15) is 0 Å². The summed E-state index contributed by atoms with van der Waals surface area (Å²) in [6.07, 6.45) is 9.81. The highest BCUT2D eigenvalue weighted by Crippen LogP contribution is 2.33. The Morgan fingerprint density at radius 3 is 2.55 bits per heavy atom. The average molecular weight is 322 g/mol. The summed E-state index contributed by atoms with van der Waals surface area (Å²) in [4.78, 5) is 2.61. The molecule has 1 atom stereocenters. The van der Waals surface area contributed by atoms with E-state index in [0.717, 1.165) is 30.6 Å². The molecule has 2 nitrogen and oxygen atoms in total. The van der Waals surface area contributed by atoms with Gasteiger partial charge in [0, 0.05) is 6.54 Å². The minimum Gasteiger partial charge on any atom is -1.00 e. The highest BCUT2D eigenvalue weighted by atomic mass is 35.5. The van der Waals surface area contributed by atoms with Gasteiger partial charge in [0.25, 0.3) is 0 Å². The number of fused-ring (bicyclic) bond motifs is 3. The summed E-state index contributed by atoms with van der Waals surface area (Å²) in [6.45, 7) is 6.91. The van der Waals surface area contributed by atoms with Crippen molar-refractivity contribution < 1.29 is 18.6 Å². The molecule has 4 rings (SSSR count). The van der Waals surface area contributed by atoms with E-state index < -0.39 is 0 Å². The fourth-order valence-electron chi connectivity index (χ4n) is 3.47. The molecule has 0 spiro atoms. The summed E-state index contributed by atoms with van der Waals surface area (Å²) in [7, 11) is 0. The van der Waals surface area contributed by atoms with Crippen molar-refractivity contribution in [3.63, 3.8) is 0 Å². The van der Waals surface area contributed by atoms with Crippen LogP contribution in [0.3, 0.4) is 0 Å². The first kappa shape index (κ1) is 17.4. The number of ether oxygens (including phenoxy) is 1. The van der Waals surface area contributed by atoms with Gasteiger partial charge >= 0.3 is 1.43 Å². The van der Waals surface area contributed by atoms with E-state index in [-0.39, 0.29) is 13.8 Å². The van der Waals surface area contributed by atoms with Gasteiger partial charge in [-0.15, -0.1) is 0 Å². The molecule has 3 aliphatic rings. The summed E-state index contributed by atoms with van der Waals surface area (Å²) in [5.41, 5.74) is 1.29. The molecule has 22 heavy (non-hydrogen) atoms. The van der Waals surface area contributed by atoms with Crippen LogP contribution in [0.2, 0.25) is 0 Å². The number of benzene rings is 1. The SMILES string of the molecule is CCCCOc1ccc(/C=C\C2CN3CCC2CC3)cc1.[Cl-].[H+]. The lowest BCUT2D eigenvalue weighted by Gasteiger charge is -2.43. The first-order valence-electron chi connectivity index (χ1n) is 8.48. The fourth-order valence-corrected chi connectivity index (χ4v) is 3.47. The Hall–Kier alpha value is -0.990. The first-order valence-corrected chi connectivity index (χ1v) is 8.48. The first-order chi connectivity index (χ1) is 10.3. The van der Waals surface area contributed by atoms with Crippen LogP contribution in [0, 0.1) is 11.8 Å². The van der Waals surface area contributed by atoms with Gasteiger partial charge in [-0.1, -0.05) is 37.6 Å². The van der Waals surface area contributed by atoms with E-state index in [1.54, 1.807) is 0 Å². The molecule has 3 aliphatic heterocycles. The van der Waals surface area contributed by atoms with Gasteiger partial charge in [0.2, 0.25) is 0 Å². The number of unbranched alkanes of at least 4 members (excludes halogenated alkanes) is 1. The van der Waals surface area contributed by atoms with Crippen LogP contribution in [0.5, 0.6) is 5.75 Å². The van der Waals surface area contributed by atoms with Gasteiger partial charge in [-0.25, -0.2) is 0 Å². The van der Waals surface area contributed by atoms with Crippen molar-refractivity contribution in [3.05, 3.63) is 35.9 Å². The zero-order valence-corrected chi connectivity index (χ0v) is 14.3. The number of nitrogens with zero attached hydrogens (tertiary/aromatic N) is 1. The summed E-state index contributed by atoms with van der Waals surface area (Å²) >= 11 is 0. The number of halogens is 1. The largest absolute Gasteiger partial charge is 1.00 e. The van der Waals surface area contributed by atoms with Crippen LogP contribution < -0.4 is 17.1 Å². The van der Waals surface area contributed by atoms with Gasteiger partial charge < -0.3 is 22.0 Å².